The van der Waals surface area contributed by atoms with E-state index in [1.807, 2.05) is 0 Å². The minimum atomic E-state index is 0.0764. The molecule has 0 aliphatic carbocycles. The molecule has 0 spiro atoms. The van der Waals surface area contributed by atoms with Crippen molar-refractivity contribution in [2.24, 2.45) is 0 Å². The second kappa shape index (κ2) is 4.39. The lowest BCUT2D eigenvalue weighted by Crippen LogP contribution is -2.08. The van der Waals surface area contributed by atoms with E-state index < -0.39 is 0 Å². The van der Waals surface area contributed by atoms with E-state index in [2.05, 4.69) is 29.4 Å². The molecule has 2 heteroatoms. The van der Waals surface area contributed by atoms with Crippen LogP contribution in [0.25, 0.3) is 0 Å². The van der Waals surface area contributed by atoms with Gasteiger partial charge in [0.15, 0.2) is 0 Å². The van der Waals surface area contributed by atoms with Gasteiger partial charge >= 0.3 is 0 Å². The Balaban J connectivity index is 3.30. The van der Waals surface area contributed by atoms with Crippen LogP contribution in [-0.2, 0) is 0 Å². The first-order valence-corrected chi connectivity index (χ1v) is 3.75. The highest BCUT2D eigenvalue weighted by atomic mass is 79.9. The summed E-state index contributed by atoms with van der Waals surface area (Å²) in [5, 5.41) is 0.0764. The van der Waals surface area contributed by atoms with Crippen molar-refractivity contribution in [2.45, 2.75) is 16.6 Å². The van der Waals surface area contributed by atoms with E-state index in [4.69, 9.17) is 11.6 Å². The lowest BCUT2D eigenvalue weighted by molar-refractivity contribution is 0.904. The molecule has 0 aliphatic rings. The summed E-state index contributed by atoms with van der Waals surface area (Å²) in [6.07, 6.45) is 2.60. The van der Waals surface area contributed by atoms with Gasteiger partial charge in [-0.3, -0.25) is 0 Å². The molecular formula is C6H9BrCl. The summed E-state index contributed by atoms with van der Waals surface area (Å²) in [6.45, 7) is 7.24. The Morgan fingerprint density at radius 3 is 2.38 bits per heavy atom. The van der Waals surface area contributed by atoms with Gasteiger partial charge in [-0.1, -0.05) is 22.0 Å². The van der Waals surface area contributed by atoms with Crippen molar-refractivity contribution in [1.82, 2.24) is 0 Å². The van der Waals surface area contributed by atoms with E-state index in [9.17, 15) is 0 Å². The van der Waals surface area contributed by atoms with Crippen LogP contribution in [-0.4, -0.2) is 10.2 Å². The van der Waals surface area contributed by atoms with E-state index in [0.29, 0.717) is 0 Å². The van der Waals surface area contributed by atoms with E-state index in [0.717, 1.165) is 6.42 Å². The number of hydrogen-bond acceptors (Lipinski definition) is 0. The Bertz CT molecular complexity index is 70.9. The van der Waals surface area contributed by atoms with Crippen LogP contribution in [0.5, 0.6) is 0 Å². The monoisotopic (exact) mass is 195 g/mol. The summed E-state index contributed by atoms with van der Waals surface area (Å²) < 4.78 is 0. The van der Waals surface area contributed by atoms with Crippen molar-refractivity contribution in [2.75, 3.05) is 0 Å². The fraction of sp³-hybridized carbons (Fsp3) is 0.500. The molecule has 0 N–H and O–H groups in total. The Labute approximate surface area is 64.0 Å². The zero-order valence-corrected chi connectivity index (χ0v) is 6.95. The fourth-order valence-electron chi connectivity index (χ4n) is 0.307. The predicted molar refractivity (Wildman–Crippen MR) is 42.5 cm³/mol. The highest BCUT2D eigenvalue weighted by Gasteiger charge is 2.07. The van der Waals surface area contributed by atoms with Gasteiger partial charge in [-0.05, 0) is 13.3 Å². The van der Waals surface area contributed by atoms with Gasteiger partial charge in [0.05, 0.1) is 0 Å². The summed E-state index contributed by atoms with van der Waals surface area (Å²) in [6, 6.07) is 0. The van der Waals surface area contributed by atoms with Crippen LogP contribution in [0.4, 0.5) is 0 Å². The molecule has 1 radical (unpaired) electrons. The van der Waals surface area contributed by atoms with Crippen LogP contribution in [0, 0.1) is 6.92 Å². The number of halogens is 2. The van der Waals surface area contributed by atoms with Gasteiger partial charge in [-0.25, -0.2) is 0 Å². The largest absolute Gasteiger partial charge is 0.121 e. The molecule has 0 bridgehead atoms. The van der Waals surface area contributed by atoms with Crippen molar-refractivity contribution in [3.05, 3.63) is 19.6 Å². The Morgan fingerprint density at radius 2 is 2.25 bits per heavy atom. The molecule has 0 fully saturated rings. The van der Waals surface area contributed by atoms with Gasteiger partial charge < -0.3 is 0 Å². The molecule has 0 heterocycles. The zero-order valence-electron chi connectivity index (χ0n) is 4.61. The van der Waals surface area contributed by atoms with Gasteiger partial charge in [0.25, 0.3) is 0 Å². The van der Waals surface area contributed by atoms with Gasteiger partial charge in [0.1, 0.15) is 0 Å². The van der Waals surface area contributed by atoms with E-state index in [-0.39, 0.29) is 10.2 Å². The second-order valence-electron chi connectivity index (χ2n) is 1.56. The third kappa shape index (κ3) is 3.50. The van der Waals surface area contributed by atoms with Crippen LogP contribution in [0.2, 0.25) is 0 Å². The van der Waals surface area contributed by atoms with Crippen molar-refractivity contribution in [1.29, 1.82) is 0 Å². The van der Waals surface area contributed by atoms with E-state index >= 15 is 0 Å². The molecule has 2 unspecified atom stereocenters. The lowest BCUT2D eigenvalue weighted by atomic mass is 10.2. The molecule has 0 aromatic rings. The third-order valence-corrected chi connectivity index (χ3v) is 2.21. The summed E-state index contributed by atoms with van der Waals surface area (Å²) in [5.74, 6) is 0. The summed E-state index contributed by atoms with van der Waals surface area (Å²) in [4.78, 5) is 0.127. The first-order valence-electron chi connectivity index (χ1n) is 2.40. The van der Waals surface area contributed by atoms with Crippen molar-refractivity contribution >= 4 is 27.5 Å². The van der Waals surface area contributed by atoms with Gasteiger partial charge in [0, 0.05) is 10.2 Å². The molecule has 0 nitrogen and oxygen atoms in total. The molecule has 0 aliphatic heterocycles. The first-order chi connectivity index (χ1) is 3.68. The highest BCUT2D eigenvalue weighted by molar-refractivity contribution is 9.09. The van der Waals surface area contributed by atoms with E-state index in [1.165, 1.54) is 0 Å². The zero-order chi connectivity index (χ0) is 6.57. The second-order valence-corrected chi connectivity index (χ2v) is 3.29. The Kier molecular flexibility index (Phi) is 4.68. The van der Waals surface area contributed by atoms with Crippen LogP contribution >= 0.6 is 27.5 Å². The average molecular weight is 196 g/mol. The minimum Gasteiger partial charge on any atom is -0.121 e. The fourth-order valence-corrected chi connectivity index (χ4v) is 0.649. The summed E-state index contributed by atoms with van der Waals surface area (Å²) in [7, 11) is 0. The molecule has 0 saturated heterocycles. The van der Waals surface area contributed by atoms with Crippen molar-refractivity contribution in [3.63, 3.8) is 0 Å². The Morgan fingerprint density at radius 1 is 1.75 bits per heavy atom. The molecule has 0 aromatic carbocycles. The number of hydrogen-bond donors (Lipinski definition) is 0. The molecular weight excluding hydrogens is 187 g/mol. The van der Waals surface area contributed by atoms with Crippen molar-refractivity contribution < 1.29 is 0 Å². The lowest BCUT2D eigenvalue weighted by Gasteiger charge is -2.06. The number of alkyl halides is 2. The first kappa shape index (κ1) is 8.51. The van der Waals surface area contributed by atoms with Crippen LogP contribution in [0.3, 0.4) is 0 Å². The summed E-state index contributed by atoms with van der Waals surface area (Å²) >= 11 is 8.99. The van der Waals surface area contributed by atoms with Crippen molar-refractivity contribution in [3.8, 4) is 0 Å². The van der Waals surface area contributed by atoms with Gasteiger partial charge in [-0.2, -0.15) is 0 Å². The molecule has 0 aromatic heterocycles. The minimum absolute atomic E-state index is 0.0764. The standard InChI is InChI=1S/C6H9BrCl/c1-3-4-6(8)5(2)7/h3,5-6H,1-2,4H2. The normalized spacial score (nSPS) is 17.4. The molecule has 2 atom stereocenters. The maximum atomic E-state index is 5.74. The SMILES string of the molecule is [CH2]C(Br)C(Cl)CC=C. The van der Waals surface area contributed by atoms with Crippen LogP contribution < -0.4 is 0 Å². The third-order valence-electron chi connectivity index (χ3n) is 0.784. The van der Waals surface area contributed by atoms with Gasteiger partial charge in [0.2, 0.25) is 0 Å². The molecule has 0 amide bonds. The number of rotatable bonds is 3. The topological polar surface area (TPSA) is 0 Å². The maximum Gasteiger partial charge on any atom is 0.0495 e. The quantitative estimate of drug-likeness (QED) is 0.481. The van der Waals surface area contributed by atoms with Crippen LogP contribution in [0.1, 0.15) is 6.42 Å². The highest BCUT2D eigenvalue weighted by Crippen LogP contribution is 2.14. The van der Waals surface area contributed by atoms with Gasteiger partial charge in [-0.15, -0.1) is 18.2 Å². The molecule has 8 heavy (non-hydrogen) atoms. The number of allylic oxidation sites excluding steroid dienone is 1. The van der Waals surface area contributed by atoms with E-state index in [1.54, 1.807) is 6.08 Å². The molecule has 47 valence electrons. The summed E-state index contributed by atoms with van der Waals surface area (Å²) in [5.41, 5.74) is 0. The van der Waals surface area contributed by atoms with Crippen LogP contribution in [0.15, 0.2) is 12.7 Å². The smallest absolute Gasteiger partial charge is 0.0495 e. The molecule has 0 saturated carbocycles. The maximum absolute atomic E-state index is 5.74. The Hall–Kier alpha value is 0.510. The molecule has 0 rings (SSSR count). The predicted octanol–water partition coefficient (Wildman–Crippen LogP) is 2.77. The average Bonchev–Trinajstić information content (AvgIpc) is 1.67.